The molecular weight excluding hydrogens is 394 g/mol. The number of aliphatic hydroxyl groups excluding tert-OH is 1. The zero-order chi connectivity index (χ0) is 22.5. The summed E-state index contributed by atoms with van der Waals surface area (Å²) in [5.74, 6) is -0.799. The molecule has 2 aromatic rings. The number of hydrogen-bond acceptors (Lipinski definition) is 6. The monoisotopic (exact) mass is 423 g/mol. The molecule has 1 aliphatic heterocycles. The lowest BCUT2D eigenvalue weighted by Crippen LogP contribution is -2.35. The molecule has 1 saturated heterocycles. The van der Waals surface area contributed by atoms with Gasteiger partial charge in [-0.05, 0) is 63.3 Å². The fourth-order valence-electron chi connectivity index (χ4n) is 3.59. The first-order chi connectivity index (χ1) is 14.8. The Morgan fingerprint density at radius 1 is 1.23 bits per heavy atom. The van der Waals surface area contributed by atoms with Gasteiger partial charge in [-0.25, -0.2) is 0 Å². The summed E-state index contributed by atoms with van der Waals surface area (Å²) in [6.45, 7) is 5.44. The van der Waals surface area contributed by atoms with Gasteiger partial charge in [0.25, 0.3) is 11.7 Å². The summed E-state index contributed by atoms with van der Waals surface area (Å²) in [7, 11) is 3.80. The van der Waals surface area contributed by atoms with Crippen LogP contribution in [0.3, 0.4) is 0 Å². The summed E-state index contributed by atoms with van der Waals surface area (Å²) in [6.07, 6.45) is 2.51. The van der Waals surface area contributed by atoms with E-state index in [4.69, 9.17) is 4.74 Å². The van der Waals surface area contributed by atoms with Gasteiger partial charge >= 0.3 is 0 Å². The Labute approximate surface area is 183 Å². The summed E-state index contributed by atoms with van der Waals surface area (Å²) >= 11 is 0. The third-order valence-electron chi connectivity index (χ3n) is 5.21. The van der Waals surface area contributed by atoms with E-state index in [1.165, 1.54) is 4.90 Å². The molecule has 0 saturated carbocycles. The largest absolute Gasteiger partial charge is 0.507 e. The maximum absolute atomic E-state index is 13.0. The summed E-state index contributed by atoms with van der Waals surface area (Å²) in [5.41, 5.74) is 1.91. The standard InChI is InChI=1S/C24H29N3O4/c1-5-14-31-19-10-9-17(15-16(19)2)22(28)20-21(18-8-6-7-11-25-18)27(13-12-26(3)4)24(30)23(20)29/h6-11,15,21,28H,5,12-14H2,1-4H3/b22-20-. The Balaban J connectivity index is 2.07. The molecule has 0 aliphatic carbocycles. The lowest BCUT2D eigenvalue weighted by Gasteiger charge is -2.25. The number of Topliss-reactive ketones (excluding diaryl/α,β-unsaturated/α-hetero) is 1. The molecule has 0 bridgehead atoms. The molecule has 3 rings (SSSR count). The first kappa shape index (κ1) is 22.5. The maximum atomic E-state index is 13.0. The van der Waals surface area contributed by atoms with E-state index in [-0.39, 0.29) is 11.3 Å². The van der Waals surface area contributed by atoms with Crippen molar-refractivity contribution in [1.82, 2.24) is 14.8 Å². The Morgan fingerprint density at radius 3 is 2.61 bits per heavy atom. The fourth-order valence-corrected chi connectivity index (χ4v) is 3.59. The topological polar surface area (TPSA) is 83.0 Å². The number of likely N-dealkylation sites (tertiary alicyclic amines) is 1. The Bertz CT molecular complexity index is 986. The van der Waals surface area contributed by atoms with E-state index in [2.05, 4.69) is 4.98 Å². The number of carbonyl (C=O) groups excluding carboxylic acids is 2. The quantitative estimate of drug-likeness (QED) is 0.399. The van der Waals surface area contributed by atoms with Crippen LogP contribution in [0.2, 0.25) is 0 Å². The zero-order valence-electron chi connectivity index (χ0n) is 18.5. The zero-order valence-corrected chi connectivity index (χ0v) is 18.5. The van der Waals surface area contributed by atoms with Crippen molar-refractivity contribution in [2.45, 2.75) is 26.3 Å². The van der Waals surface area contributed by atoms with Gasteiger partial charge in [-0.3, -0.25) is 14.6 Å². The van der Waals surface area contributed by atoms with Crippen molar-refractivity contribution in [3.8, 4) is 5.75 Å². The third kappa shape index (κ3) is 4.77. The number of ether oxygens (including phenoxy) is 1. The highest BCUT2D eigenvalue weighted by Gasteiger charge is 2.46. The van der Waals surface area contributed by atoms with Crippen LogP contribution in [-0.4, -0.2) is 65.4 Å². The highest BCUT2D eigenvalue weighted by molar-refractivity contribution is 6.46. The van der Waals surface area contributed by atoms with Crippen molar-refractivity contribution in [2.24, 2.45) is 0 Å². The number of carbonyl (C=O) groups is 2. The predicted molar refractivity (Wildman–Crippen MR) is 119 cm³/mol. The van der Waals surface area contributed by atoms with Gasteiger partial charge in [0.15, 0.2) is 0 Å². The summed E-state index contributed by atoms with van der Waals surface area (Å²) in [5, 5.41) is 11.1. The van der Waals surface area contributed by atoms with Gasteiger partial charge < -0.3 is 19.6 Å². The highest BCUT2D eigenvalue weighted by Crippen LogP contribution is 2.38. The maximum Gasteiger partial charge on any atom is 0.295 e. The fraction of sp³-hybridized carbons (Fsp3) is 0.375. The summed E-state index contributed by atoms with van der Waals surface area (Å²) < 4.78 is 5.70. The number of ketones is 1. The van der Waals surface area contributed by atoms with Crippen LogP contribution in [0.4, 0.5) is 0 Å². The van der Waals surface area contributed by atoms with Crippen LogP contribution in [0.1, 0.15) is 36.2 Å². The van der Waals surface area contributed by atoms with E-state index in [0.29, 0.717) is 31.0 Å². The average Bonchev–Trinajstić information content (AvgIpc) is 3.01. The minimum absolute atomic E-state index is 0.0593. The van der Waals surface area contributed by atoms with E-state index < -0.39 is 17.7 Å². The molecule has 1 aromatic carbocycles. The van der Waals surface area contributed by atoms with E-state index >= 15 is 0 Å². The molecular formula is C24H29N3O4. The first-order valence-corrected chi connectivity index (χ1v) is 10.4. The summed E-state index contributed by atoms with van der Waals surface area (Å²) in [6, 6.07) is 9.85. The van der Waals surface area contributed by atoms with Gasteiger partial charge in [0.2, 0.25) is 0 Å². The normalized spacial score (nSPS) is 18.1. The van der Waals surface area contributed by atoms with Crippen molar-refractivity contribution in [3.63, 3.8) is 0 Å². The number of nitrogens with zero attached hydrogens (tertiary/aromatic N) is 3. The van der Waals surface area contributed by atoms with Gasteiger partial charge in [-0.2, -0.15) is 0 Å². The van der Waals surface area contributed by atoms with Crippen LogP contribution in [-0.2, 0) is 9.59 Å². The third-order valence-corrected chi connectivity index (χ3v) is 5.21. The van der Waals surface area contributed by atoms with Crippen molar-refractivity contribution in [2.75, 3.05) is 33.8 Å². The molecule has 2 heterocycles. The number of hydrogen-bond donors (Lipinski definition) is 1. The smallest absolute Gasteiger partial charge is 0.295 e. The van der Waals surface area contributed by atoms with Gasteiger partial charge in [0.05, 0.1) is 17.9 Å². The number of likely N-dealkylation sites (N-methyl/N-ethyl adjacent to an activating group) is 1. The molecule has 1 aromatic heterocycles. The molecule has 7 nitrogen and oxygen atoms in total. The minimum Gasteiger partial charge on any atom is -0.507 e. The highest BCUT2D eigenvalue weighted by atomic mass is 16.5. The number of amides is 1. The van der Waals surface area contributed by atoms with E-state index in [1.54, 1.807) is 42.6 Å². The number of aromatic nitrogens is 1. The van der Waals surface area contributed by atoms with Gasteiger partial charge in [-0.1, -0.05) is 13.0 Å². The van der Waals surface area contributed by atoms with Crippen LogP contribution in [0.25, 0.3) is 5.76 Å². The number of pyridine rings is 1. The molecule has 1 fully saturated rings. The number of aliphatic hydroxyl groups is 1. The molecule has 0 radical (unpaired) electrons. The second-order valence-corrected chi connectivity index (χ2v) is 7.88. The average molecular weight is 424 g/mol. The number of aryl methyl sites for hydroxylation is 1. The van der Waals surface area contributed by atoms with Crippen molar-refractivity contribution < 1.29 is 19.4 Å². The van der Waals surface area contributed by atoms with Crippen LogP contribution >= 0.6 is 0 Å². The lowest BCUT2D eigenvalue weighted by atomic mass is 9.97. The molecule has 164 valence electrons. The molecule has 0 spiro atoms. The molecule has 7 heteroatoms. The van der Waals surface area contributed by atoms with Crippen LogP contribution in [0, 0.1) is 6.92 Å². The van der Waals surface area contributed by atoms with Gasteiger partial charge in [0, 0.05) is 24.8 Å². The Hall–Kier alpha value is -3.19. The lowest BCUT2D eigenvalue weighted by molar-refractivity contribution is -0.140. The van der Waals surface area contributed by atoms with Gasteiger partial charge in [-0.15, -0.1) is 0 Å². The predicted octanol–water partition coefficient (Wildman–Crippen LogP) is 3.16. The molecule has 1 unspecified atom stereocenters. The molecule has 1 N–H and O–H groups in total. The van der Waals surface area contributed by atoms with Crippen molar-refractivity contribution >= 4 is 17.4 Å². The van der Waals surface area contributed by atoms with E-state index in [9.17, 15) is 14.7 Å². The second kappa shape index (κ2) is 9.75. The SMILES string of the molecule is CCCOc1ccc(/C(O)=C2/C(=O)C(=O)N(CCN(C)C)C2c2ccccn2)cc1C. The number of benzene rings is 1. The first-order valence-electron chi connectivity index (χ1n) is 10.4. The molecule has 1 aliphatic rings. The molecule has 1 amide bonds. The Morgan fingerprint density at radius 2 is 2.00 bits per heavy atom. The summed E-state index contributed by atoms with van der Waals surface area (Å²) in [4.78, 5) is 33.6. The number of rotatable bonds is 8. The minimum atomic E-state index is -0.738. The Kier molecular flexibility index (Phi) is 7.07. The van der Waals surface area contributed by atoms with E-state index in [0.717, 1.165) is 17.7 Å². The molecule has 1 atom stereocenters. The van der Waals surface area contributed by atoms with Crippen LogP contribution in [0.5, 0.6) is 5.75 Å². The second-order valence-electron chi connectivity index (χ2n) is 7.88. The van der Waals surface area contributed by atoms with Crippen molar-refractivity contribution in [1.29, 1.82) is 0 Å². The van der Waals surface area contributed by atoms with Crippen LogP contribution in [0.15, 0.2) is 48.2 Å². The van der Waals surface area contributed by atoms with E-state index in [1.807, 2.05) is 32.8 Å². The van der Waals surface area contributed by atoms with Crippen molar-refractivity contribution in [3.05, 3.63) is 65.0 Å². The van der Waals surface area contributed by atoms with Gasteiger partial charge in [0.1, 0.15) is 17.6 Å². The van der Waals surface area contributed by atoms with Crippen LogP contribution < -0.4 is 4.74 Å². The molecule has 31 heavy (non-hydrogen) atoms.